The van der Waals surface area contributed by atoms with E-state index in [9.17, 15) is 0 Å². The largest absolute Gasteiger partial charge is 0.310 e. The minimum Gasteiger partial charge on any atom is -0.310 e. The molecular formula is C13H22N2. The fraction of sp³-hybridized carbons (Fsp3) is 0.615. The van der Waals surface area contributed by atoms with Crippen LogP contribution in [0, 0.1) is 6.92 Å². The molecule has 0 aliphatic carbocycles. The van der Waals surface area contributed by atoms with Crippen LogP contribution in [0.4, 0.5) is 0 Å². The third-order valence-electron chi connectivity index (χ3n) is 2.62. The van der Waals surface area contributed by atoms with Crippen LogP contribution in [0.5, 0.6) is 0 Å². The summed E-state index contributed by atoms with van der Waals surface area (Å²) >= 11 is 0. The van der Waals surface area contributed by atoms with Crippen LogP contribution in [-0.2, 0) is 6.54 Å². The topological polar surface area (TPSA) is 24.9 Å². The van der Waals surface area contributed by atoms with Gasteiger partial charge in [0, 0.05) is 24.5 Å². The van der Waals surface area contributed by atoms with E-state index in [1.54, 1.807) is 0 Å². The summed E-state index contributed by atoms with van der Waals surface area (Å²) in [5.41, 5.74) is 2.35. The zero-order valence-electron chi connectivity index (χ0n) is 10.1. The van der Waals surface area contributed by atoms with Crippen LogP contribution < -0.4 is 5.32 Å². The highest BCUT2D eigenvalue weighted by atomic mass is 14.9. The fourth-order valence-corrected chi connectivity index (χ4v) is 1.51. The van der Waals surface area contributed by atoms with Gasteiger partial charge in [-0.1, -0.05) is 25.8 Å². The maximum Gasteiger partial charge on any atom is 0.0372 e. The van der Waals surface area contributed by atoms with E-state index in [4.69, 9.17) is 0 Å². The normalized spacial score (nSPS) is 12.7. The van der Waals surface area contributed by atoms with Crippen molar-refractivity contribution in [2.24, 2.45) is 0 Å². The van der Waals surface area contributed by atoms with E-state index in [0.717, 1.165) is 12.2 Å². The van der Waals surface area contributed by atoms with E-state index in [2.05, 4.69) is 36.3 Å². The molecule has 15 heavy (non-hydrogen) atoms. The molecule has 0 aromatic carbocycles. The third kappa shape index (κ3) is 4.93. The van der Waals surface area contributed by atoms with Crippen LogP contribution in [0.2, 0.25) is 0 Å². The van der Waals surface area contributed by atoms with Crippen molar-refractivity contribution in [3.63, 3.8) is 0 Å². The summed E-state index contributed by atoms with van der Waals surface area (Å²) in [7, 11) is 0. The first-order valence-electron chi connectivity index (χ1n) is 5.87. The van der Waals surface area contributed by atoms with E-state index in [1.807, 2.05) is 13.1 Å². The van der Waals surface area contributed by atoms with Gasteiger partial charge in [0.2, 0.25) is 0 Å². The Kier molecular flexibility index (Phi) is 5.33. The number of aryl methyl sites for hydroxylation is 1. The van der Waals surface area contributed by atoms with Crippen molar-refractivity contribution in [2.45, 2.75) is 52.6 Å². The van der Waals surface area contributed by atoms with E-state index in [-0.39, 0.29) is 0 Å². The van der Waals surface area contributed by atoms with Crippen LogP contribution in [0.15, 0.2) is 18.3 Å². The predicted octanol–water partition coefficient (Wildman–Crippen LogP) is 3.06. The smallest absolute Gasteiger partial charge is 0.0372 e. The molecule has 1 aromatic heterocycles. The molecule has 0 bridgehead atoms. The lowest BCUT2D eigenvalue weighted by Crippen LogP contribution is -2.25. The van der Waals surface area contributed by atoms with Gasteiger partial charge in [-0.05, 0) is 31.9 Å². The van der Waals surface area contributed by atoms with E-state index >= 15 is 0 Å². The molecule has 1 rings (SSSR count). The number of aromatic nitrogens is 1. The van der Waals surface area contributed by atoms with Gasteiger partial charge in [-0.25, -0.2) is 0 Å². The van der Waals surface area contributed by atoms with Gasteiger partial charge in [0.1, 0.15) is 0 Å². The zero-order chi connectivity index (χ0) is 11.1. The number of nitrogens with one attached hydrogen (secondary N) is 1. The van der Waals surface area contributed by atoms with Crippen molar-refractivity contribution >= 4 is 0 Å². The van der Waals surface area contributed by atoms with Crippen molar-refractivity contribution in [1.29, 1.82) is 0 Å². The summed E-state index contributed by atoms with van der Waals surface area (Å²) in [4.78, 5) is 4.28. The molecule has 0 aliphatic rings. The van der Waals surface area contributed by atoms with Crippen molar-refractivity contribution in [1.82, 2.24) is 10.3 Å². The maximum atomic E-state index is 4.28. The van der Waals surface area contributed by atoms with E-state index in [1.165, 1.54) is 24.8 Å². The van der Waals surface area contributed by atoms with Crippen molar-refractivity contribution in [3.8, 4) is 0 Å². The monoisotopic (exact) mass is 206 g/mol. The first kappa shape index (κ1) is 12.2. The van der Waals surface area contributed by atoms with Gasteiger partial charge in [-0.2, -0.15) is 0 Å². The standard InChI is InChI=1S/C13H22N2/c1-4-5-6-11(2)14-9-13-8-7-12(3)15-10-13/h7-8,10-11,14H,4-6,9H2,1-3H3. The molecule has 1 unspecified atom stereocenters. The Labute approximate surface area is 93.1 Å². The lowest BCUT2D eigenvalue weighted by atomic mass is 10.1. The molecule has 2 heteroatoms. The Morgan fingerprint density at radius 2 is 2.20 bits per heavy atom. The third-order valence-corrected chi connectivity index (χ3v) is 2.62. The summed E-state index contributed by atoms with van der Waals surface area (Å²) < 4.78 is 0. The summed E-state index contributed by atoms with van der Waals surface area (Å²) in [6.45, 7) is 7.42. The van der Waals surface area contributed by atoms with Gasteiger partial charge in [0.15, 0.2) is 0 Å². The van der Waals surface area contributed by atoms with Gasteiger partial charge in [0.25, 0.3) is 0 Å². The highest BCUT2D eigenvalue weighted by Gasteiger charge is 2.00. The molecule has 0 saturated carbocycles. The number of rotatable bonds is 6. The molecule has 2 nitrogen and oxygen atoms in total. The Bertz CT molecular complexity index is 266. The Morgan fingerprint density at radius 3 is 2.80 bits per heavy atom. The van der Waals surface area contributed by atoms with Crippen LogP contribution >= 0.6 is 0 Å². The molecule has 1 aromatic rings. The number of unbranched alkanes of at least 4 members (excludes halogenated alkanes) is 1. The minimum absolute atomic E-state index is 0.603. The van der Waals surface area contributed by atoms with Crippen LogP contribution in [-0.4, -0.2) is 11.0 Å². The molecule has 1 atom stereocenters. The van der Waals surface area contributed by atoms with E-state index < -0.39 is 0 Å². The lowest BCUT2D eigenvalue weighted by molar-refractivity contribution is 0.494. The molecule has 0 saturated heterocycles. The van der Waals surface area contributed by atoms with Gasteiger partial charge >= 0.3 is 0 Å². The lowest BCUT2D eigenvalue weighted by Gasteiger charge is -2.12. The Balaban J connectivity index is 2.27. The number of nitrogens with zero attached hydrogens (tertiary/aromatic N) is 1. The highest BCUT2D eigenvalue weighted by Crippen LogP contribution is 2.02. The van der Waals surface area contributed by atoms with Crippen LogP contribution in [0.1, 0.15) is 44.4 Å². The molecule has 1 heterocycles. The predicted molar refractivity (Wildman–Crippen MR) is 64.8 cm³/mol. The average Bonchev–Trinajstić information content (AvgIpc) is 2.25. The van der Waals surface area contributed by atoms with Crippen LogP contribution in [0.25, 0.3) is 0 Å². The first-order valence-corrected chi connectivity index (χ1v) is 5.87. The summed E-state index contributed by atoms with van der Waals surface area (Å²) in [5, 5.41) is 3.51. The maximum absolute atomic E-state index is 4.28. The van der Waals surface area contributed by atoms with Gasteiger partial charge in [0.05, 0.1) is 0 Å². The molecule has 0 fully saturated rings. The Morgan fingerprint density at radius 1 is 1.40 bits per heavy atom. The molecule has 0 aliphatic heterocycles. The fourth-order valence-electron chi connectivity index (χ4n) is 1.51. The SMILES string of the molecule is CCCCC(C)NCc1ccc(C)nc1. The number of pyridine rings is 1. The molecule has 84 valence electrons. The molecular weight excluding hydrogens is 184 g/mol. The molecule has 1 N–H and O–H groups in total. The van der Waals surface area contributed by atoms with Gasteiger partial charge < -0.3 is 5.32 Å². The number of hydrogen-bond acceptors (Lipinski definition) is 2. The van der Waals surface area contributed by atoms with E-state index in [0.29, 0.717) is 6.04 Å². The second-order valence-electron chi connectivity index (χ2n) is 4.23. The Hall–Kier alpha value is -0.890. The quantitative estimate of drug-likeness (QED) is 0.773. The minimum atomic E-state index is 0.603. The van der Waals surface area contributed by atoms with Crippen molar-refractivity contribution < 1.29 is 0 Å². The van der Waals surface area contributed by atoms with Crippen LogP contribution in [0.3, 0.4) is 0 Å². The molecule has 0 radical (unpaired) electrons. The van der Waals surface area contributed by atoms with Crippen molar-refractivity contribution in [2.75, 3.05) is 0 Å². The second-order valence-corrected chi connectivity index (χ2v) is 4.23. The zero-order valence-corrected chi connectivity index (χ0v) is 10.1. The van der Waals surface area contributed by atoms with Crippen molar-refractivity contribution in [3.05, 3.63) is 29.6 Å². The molecule has 0 amide bonds. The average molecular weight is 206 g/mol. The summed E-state index contributed by atoms with van der Waals surface area (Å²) in [5.74, 6) is 0. The van der Waals surface area contributed by atoms with Gasteiger partial charge in [-0.15, -0.1) is 0 Å². The molecule has 0 spiro atoms. The summed E-state index contributed by atoms with van der Waals surface area (Å²) in [6.07, 6.45) is 5.79. The summed E-state index contributed by atoms with van der Waals surface area (Å²) in [6, 6.07) is 4.81. The second kappa shape index (κ2) is 6.57. The highest BCUT2D eigenvalue weighted by molar-refractivity contribution is 5.12. The van der Waals surface area contributed by atoms with Gasteiger partial charge in [-0.3, -0.25) is 4.98 Å². The number of hydrogen-bond donors (Lipinski definition) is 1. The first-order chi connectivity index (χ1) is 7.22.